The zero-order valence-corrected chi connectivity index (χ0v) is 20.0. The smallest absolute Gasteiger partial charge is 0.226 e. The summed E-state index contributed by atoms with van der Waals surface area (Å²) in [5, 5.41) is 6.52. The van der Waals surface area contributed by atoms with Crippen LogP contribution in [0.25, 0.3) is 11.5 Å². The molecule has 0 saturated carbocycles. The molecule has 0 amide bonds. The van der Waals surface area contributed by atoms with E-state index in [1.54, 1.807) is 18.4 Å². The number of aromatic nitrogens is 1. The van der Waals surface area contributed by atoms with Gasteiger partial charge in [-0.25, -0.2) is 14.4 Å². The SMILES string of the molecule is CCNC(=NCC1COc2ccccc2O1)NCCc1coc(-c2ccc(F)cc2)n1.I. The van der Waals surface area contributed by atoms with Gasteiger partial charge in [0.15, 0.2) is 23.6 Å². The maximum absolute atomic E-state index is 13.1. The molecule has 3 aromatic rings. The highest BCUT2D eigenvalue weighted by molar-refractivity contribution is 14.0. The van der Waals surface area contributed by atoms with Gasteiger partial charge in [0.1, 0.15) is 18.7 Å². The molecule has 1 aliphatic rings. The van der Waals surface area contributed by atoms with Crippen LogP contribution >= 0.6 is 24.0 Å². The third-order valence-electron chi connectivity index (χ3n) is 4.68. The van der Waals surface area contributed by atoms with Gasteiger partial charge < -0.3 is 24.5 Å². The fourth-order valence-electron chi connectivity index (χ4n) is 3.14. The number of hydrogen-bond acceptors (Lipinski definition) is 5. The van der Waals surface area contributed by atoms with E-state index in [-0.39, 0.29) is 35.9 Å². The molecule has 0 aliphatic carbocycles. The summed E-state index contributed by atoms with van der Waals surface area (Å²) < 4.78 is 30.3. The summed E-state index contributed by atoms with van der Waals surface area (Å²) in [7, 11) is 0. The van der Waals surface area contributed by atoms with Crippen LogP contribution in [0.15, 0.2) is 64.2 Å². The average molecular weight is 552 g/mol. The zero-order valence-electron chi connectivity index (χ0n) is 17.7. The molecule has 0 bridgehead atoms. The number of ether oxygens (including phenoxy) is 2. The lowest BCUT2D eigenvalue weighted by Gasteiger charge is -2.25. The Morgan fingerprint density at radius 1 is 1.12 bits per heavy atom. The number of oxazole rings is 1. The first kappa shape index (κ1) is 23.8. The van der Waals surface area contributed by atoms with E-state index in [4.69, 9.17) is 13.9 Å². The highest BCUT2D eigenvalue weighted by atomic mass is 127. The van der Waals surface area contributed by atoms with E-state index in [0.29, 0.717) is 38.0 Å². The van der Waals surface area contributed by atoms with Crippen LogP contribution in [0.1, 0.15) is 12.6 Å². The standard InChI is InChI=1S/C23H25FN4O3.HI/c1-2-25-23(27-13-19-15-29-20-5-3-4-6-21(20)31-19)26-12-11-18-14-30-22(28-18)16-7-9-17(24)10-8-16;/h3-10,14,19H,2,11-13,15H2,1H3,(H2,25,26,27);1H. The Bertz CT molecular complexity index is 1030. The molecule has 2 aromatic carbocycles. The first-order chi connectivity index (χ1) is 15.2. The summed E-state index contributed by atoms with van der Waals surface area (Å²) in [5.41, 5.74) is 1.55. The summed E-state index contributed by atoms with van der Waals surface area (Å²) in [6, 6.07) is 13.7. The number of benzene rings is 2. The molecule has 2 heterocycles. The maximum Gasteiger partial charge on any atom is 0.226 e. The van der Waals surface area contributed by atoms with Crippen LogP contribution in [0.5, 0.6) is 11.5 Å². The molecule has 170 valence electrons. The third-order valence-corrected chi connectivity index (χ3v) is 4.68. The summed E-state index contributed by atoms with van der Waals surface area (Å²) in [6.45, 7) is 4.33. The second-order valence-corrected chi connectivity index (χ2v) is 7.04. The first-order valence-corrected chi connectivity index (χ1v) is 10.3. The molecule has 0 saturated heterocycles. The van der Waals surface area contributed by atoms with Crippen molar-refractivity contribution in [2.75, 3.05) is 26.2 Å². The summed E-state index contributed by atoms with van der Waals surface area (Å²) in [4.78, 5) is 9.08. The Balaban J connectivity index is 0.00000289. The molecule has 4 rings (SSSR count). The molecule has 9 heteroatoms. The monoisotopic (exact) mass is 552 g/mol. The summed E-state index contributed by atoms with van der Waals surface area (Å²) in [6.07, 6.45) is 2.14. The number of aliphatic imine (C=N–C) groups is 1. The lowest BCUT2D eigenvalue weighted by molar-refractivity contribution is 0.0971. The van der Waals surface area contributed by atoms with Crippen LogP contribution in [0.4, 0.5) is 4.39 Å². The van der Waals surface area contributed by atoms with E-state index in [1.165, 1.54) is 12.1 Å². The van der Waals surface area contributed by atoms with E-state index in [2.05, 4.69) is 20.6 Å². The maximum atomic E-state index is 13.1. The molecule has 0 radical (unpaired) electrons. The van der Waals surface area contributed by atoms with Crippen molar-refractivity contribution in [1.82, 2.24) is 15.6 Å². The van der Waals surface area contributed by atoms with Crippen LogP contribution in [0.3, 0.4) is 0 Å². The van der Waals surface area contributed by atoms with Gasteiger partial charge in [-0.3, -0.25) is 0 Å². The van der Waals surface area contributed by atoms with E-state index >= 15 is 0 Å². The largest absolute Gasteiger partial charge is 0.486 e. The molecular weight excluding hydrogens is 526 g/mol. The minimum absolute atomic E-state index is 0. The van der Waals surface area contributed by atoms with E-state index in [0.717, 1.165) is 29.3 Å². The third kappa shape index (κ3) is 6.35. The number of guanidine groups is 1. The van der Waals surface area contributed by atoms with Gasteiger partial charge in [-0.2, -0.15) is 0 Å². The fraction of sp³-hybridized carbons (Fsp3) is 0.304. The lowest BCUT2D eigenvalue weighted by atomic mass is 10.2. The van der Waals surface area contributed by atoms with Crippen molar-refractivity contribution >= 4 is 29.9 Å². The van der Waals surface area contributed by atoms with Gasteiger partial charge in [-0.15, -0.1) is 24.0 Å². The second kappa shape index (κ2) is 11.7. The van der Waals surface area contributed by atoms with E-state index < -0.39 is 0 Å². The molecule has 1 unspecified atom stereocenters. The van der Waals surface area contributed by atoms with Crippen molar-refractivity contribution in [3.8, 4) is 23.0 Å². The number of halogens is 2. The number of rotatable bonds is 7. The van der Waals surface area contributed by atoms with Crippen molar-refractivity contribution in [2.45, 2.75) is 19.4 Å². The Hall–Kier alpha value is -2.82. The van der Waals surface area contributed by atoms with Crippen LogP contribution < -0.4 is 20.1 Å². The fourth-order valence-corrected chi connectivity index (χ4v) is 3.14. The van der Waals surface area contributed by atoms with Gasteiger partial charge in [-0.05, 0) is 43.3 Å². The van der Waals surface area contributed by atoms with Crippen LogP contribution in [-0.4, -0.2) is 43.3 Å². The Morgan fingerprint density at radius 3 is 2.69 bits per heavy atom. The molecule has 1 atom stereocenters. The molecule has 0 fully saturated rings. The van der Waals surface area contributed by atoms with Gasteiger partial charge in [0.05, 0.1) is 12.2 Å². The minimum atomic E-state index is -0.288. The van der Waals surface area contributed by atoms with Crippen molar-refractivity contribution in [2.24, 2.45) is 4.99 Å². The van der Waals surface area contributed by atoms with E-state index in [9.17, 15) is 4.39 Å². The van der Waals surface area contributed by atoms with Crippen LogP contribution in [-0.2, 0) is 6.42 Å². The topological polar surface area (TPSA) is 80.9 Å². The Kier molecular flexibility index (Phi) is 8.72. The number of nitrogens with one attached hydrogen (secondary N) is 2. The summed E-state index contributed by atoms with van der Waals surface area (Å²) >= 11 is 0. The van der Waals surface area contributed by atoms with Crippen molar-refractivity contribution in [1.29, 1.82) is 0 Å². The Labute approximate surface area is 203 Å². The average Bonchev–Trinajstić information content (AvgIpc) is 3.26. The predicted octanol–water partition coefficient (Wildman–Crippen LogP) is 4.04. The second-order valence-electron chi connectivity index (χ2n) is 7.04. The Morgan fingerprint density at radius 2 is 1.91 bits per heavy atom. The number of hydrogen-bond donors (Lipinski definition) is 2. The number of fused-ring (bicyclic) bond motifs is 1. The normalized spacial score (nSPS) is 15.1. The predicted molar refractivity (Wildman–Crippen MR) is 131 cm³/mol. The highest BCUT2D eigenvalue weighted by Gasteiger charge is 2.20. The zero-order chi connectivity index (χ0) is 21.5. The quantitative estimate of drug-likeness (QED) is 0.262. The molecule has 0 spiro atoms. The molecule has 32 heavy (non-hydrogen) atoms. The first-order valence-electron chi connectivity index (χ1n) is 10.3. The van der Waals surface area contributed by atoms with Gasteiger partial charge in [-0.1, -0.05) is 12.1 Å². The highest BCUT2D eigenvalue weighted by Crippen LogP contribution is 2.30. The van der Waals surface area contributed by atoms with Gasteiger partial charge in [0.2, 0.25) is 5.89 Å². The molecular formula is C23H26FIN4O3. The summed E-state index contributed by atoms with van der Waals surface area (Å²) in [5.74, 6) is 2.40. The van der Waals surface area contributed by atoms with E-state index in [1.807, 2.05) is 31.2 Å². The molecule has 7 nitrogen and oxygen atoms in total. The van der Waals surface area contributed by atoms with Gasteiger partial charge in [0, 0.05) is 25.1 Å². The lowest BCUT2D eigenvalue weighted by Crippen LogP contribution is -2.40. The number of para-hydroxylation sites is 2. The molecule has 1 aliphatic heterocycles. The minimum Gasteiger partial charge on any atom is -0.486 e. The van der Waals surface area contributed by atoms with Crippen molar-refractivity contribution in [3.63, 3.8) is 0 Å². The molecule has 2 N–H and O–H groups in total. The number of nitrogens with zero attached hydrogens (tertiary/aromatic N) is 2. The van der Waals surface area contributed by atoms with Gasteiger partial charge in [0.25, 0.3) is 0 Å². The van der Waals surface area contributed by atoms with Gasteiger partial charge >= 0.3 is 0 Å². The van der Waals surface area contributed by atoms with Crippen LogP contribution in [0, 0.1) is 5.82 Å². The van der Waals surface area contributed by atoms with Crippen molar-refractivity contribution < 1.29 is 18.3 Å². The molecule has 1 aromatic heterocycles. The van der Waals surface area contributed by atoms with Crippen LogP contribution in [0.2, 0.25) is 0 Å². The van der Waals surface area contributed by atoms with Crippen molar-refractivity contribution in [3.05, 3.63) is 66.3 Å².